The zero-order valence-electron chi connectivity index (χ0n) is 6.95. The highest BCUT2D eigenvalue weighted by atomic mass is 32.2. The predicted octanol–water partition coefficient (Wildman–Crippen LogP) is -1.66. The van der Waals surface area contributed by atoms with Crippen LogP contribution in [-0.2, 0) is 10.0 Å². The Morgan fingerprint density at radius 2 is 2.14 bits per heavy atom. The SMILES string of the molecule is NC1(S(N)(=O)=O)C=NC2=NC=CC2=N1. The van der Waals surface area contributed by atoms with E-state index in [1.807, 2.05) is 0 Å². The van der Waals surface area contributed by atoms with Gasteiger partial charge in [-0.2, -0.15) is 0 Å². The highest BCUT2D eigenvalue weighted by Crippen LogP contribution is 2.15. The van der Waals surface area contributed by atoms with Crippen molar-refractivity contribution in [3.63, 3.8) is 0 Å². The van der Waals surface area contributed by atoms with Gasteiger partial charge in [-0.15, -0.1) is 0 Å². The number of sulfonamides is 1. The molecule has 0 fully saturated rings. The van der Waals surface area contributed by atoms with E-state index >= 15 is 0 Å². The van der Waals surface area contributed by atoms with Gasteiger partial charge in [0.15, 0.2) is 5.84 Å². The molecule has 2 heterocycles. The van der Waals surface area contributed by atoms with Crippen LogP contribution in [0.4, 0.5) is 0 Å². The Balaban J connectivity index is 2.54. The summed E-state index contributed by atoms with van der Waals surface area (Å²) in [7, 11) is -4.01. The molecule has 0 aromatic heterocycles. The molecule has 1 atom stereocenters. The lowest BCUT2D eigenvalue weighted by atomic mass is 10.3. The van der Waals surface area contributed by atoms with Gasteiger partial charge in [-0.3, -0.25) is 5.73 Å². The van der Waals surface area contributed by atoms with Crippen LogP contribution in [-0.4, -0.2) is 31.2 Å². The van der Waals surface area contributed by atoms with E-state index in [1.54, 1.807) is 0 Å². The van der Waals surface area contributed by atoms with E-state index in [9.17, 15) is 8.42 Å². The summed E-state index contributed by atoms with van der Waals surface area (Å²) >= 11 is 0. The summed E-state index contributed by atoms with van der Waals surface area (Å²) in [5.74, 6) is 0.342. The second-order valence-electron chi connectivity index (χ2n) is 2.82. The number of rotatable bonds is 1. The van der Waals surface area contributed by atoms with E-state index in [2.05, 4.69) is 15.0 Å². The molecule has 0 bridgehead atoms. The number of primary sulfonamides is 1. The van der Waals surface area contributed by atoms with Crippen LogP contribution in [0.1, 0.15) is 0 Å². The first-order valence-corrected chi connectivity index (χ1v) is 5.18. The summed E-state index contributed by atoms with van der Waals surface area (Å²) < 4.78 is 22.2. The molecule has 0 saturated heterocycles. The molecule has 0 saturated carbocycles. The molecule has 0 radical (unpaired) electrons. The molecule has 4 N–H and O–H groups in total. The normalized spacial score (nSPS) is 29.9. The van der Waals surface area contributed by atoms with Crippen LogP contribution in [0, 0.1) is 0 Å². The predicted molar refractivity (Wildman–Crippen MR) is 52.5 cm³/mol. The van der Waals surface area contributed by atoms with Crippen molar-refractivity contribution in [3.05, 3.63) is 12.3 Å². The van der Waals surface area contributed by atoms with E-state index in [-0.39, 0.29) is 0 Å². The van der Waals surface area contributed by atoms with Crippen molar-refractivity contribution in [2.75, 3.05) is 0 Å². The molecule has 8 heteroatoms. The van der Waals surface area contributed by atoms with Gasteiger partial charge in [0.1, 0.15) is 5.71 Å². The van der Waals surface area contributed by atoms with Gasteiger partial charge >= 0.3 is 0 Å². The van der Waals surface area contributed by atoms with Crippen molar-refractivity contribution in [2.45, 2.75) is 4.99 Å². The van der Waals surface area contributed by atoms with Crippen molar-refractivity contribution in [3.8, 4) is 0 Å². The van der Waals surface area contributed by atoms with E-state index < -0.39 is 15.0 Å². The monoisotopic (exact) mass is 213 g/mol. The minimum absolute atomic E-state index is 0.323. The molecule has 0 aromatic rings. The van der Waals surface area contributed by atoms with Crippen LogP contribution in [0.15, 0.2) is 27.3 Å². The molecule has 0 spiro atoms. The number of nitrogens with two attached hydrogens (primary N) is 2. The molecule has 1 unspecified atom stereocenters. The van der Waals surface area contributed by atoms with Crippen molar-refractivity contribution in [1.29, 1.82) is 0 Å². The van der Waals surface area contributed by atoms with Gasteiger partial charge in [0.25, 0.3) is 15.0 Å². The van der Waals surface area contributed by atoms with Gasteiger partial charge in [-0.1, -0.05) is 0 Å². The third kappa shape index (κ3) is 1.20. The second-order valence-corrected chi connectivity index (χ2v) is 4.56. The maximum absolute atomic E-state index is 11.1. The average molecular weight is 213 g/mol. The number of amidine groups is 1. The average Bonchev–Trinajstić information content (AvgIpc) is 2.48. The zero-order chi connectivity index (χ0) is 10.4. The number of nitrogens with zero attached hydrogens (tertiary/aromatic N) is 3. The van der Waals surface area contributed by atoms with E-state index in [0.717, 1.165) is 6.21 Å². The van der Waals surface area contributed by atoms with Crippen LogP contribution in [0.2, 0.25) is 0 Å². The summed E-state index contributed by atoms with van der Waals surface area (Å²) in [5, 5.41) is 4.91. The van der Waals surface area contributed by atoms with Gasteiger partial charge in [0.05, 0.1) is 6.21 Å². The minimum atomic E-state index is -4.01. The quantitative estimate of drug-likeness (QED) is 0.541. The summed E-state index contributed by atoms with van der Waals surface area (Å²) in [6, 6.07) is 0. The van der Waals surface area contributed by atoms with Crippen molar-refractivity contribution < 1.29 is 8.42 Å². The third-order valence-corrected chi connectivity index (χ3v) is 2.89. The Labute approximate surface area is 80.0 Å². The van der Waals surface area contributed by atoms with Crippen LogP contribution in [0.25, 0.3) is 0 Å². The van der Waals surface area contributed by atoms with Gasteiger partial charge in [-0.05, 0) is 6.08 Å². The summed E-state index contributed by atoms with van der Waals surface area (Å²) in [6.45, 7) is 0. The highest BCUT2D eigenvalue weighted by Gasteiger charge is 2.39. The molecular weight excluding hydrogens is 206 g/mol. The van der Waals surface area contributed by atoms with E-state index in [4.69, 9.17) is 10.9 Å². The lowest BCUT2D eigenvalue weighted by molar-refractivity contribution is 0.572. The van der Waals surface area contributed by atoms with Gasteiger partial charge in [0, 0.05) is 6.20 Å². The van der Waals surface area contributed by atoms with Gasteiger partial charge in [0.2, 0.25) is 0 Å². The first-order chi connectivity index (χ1) is 6.42. The van der Waals surface area contributed by atoms with Gasteiger partial charge < -0.3 is 0 Å². The Bertz CT molecular complexity index is 500. The van der Waals surface area contributed by atoms with Crippen molar-refractivity contribution in [2.24, 2.45) is 25.8 Å². The molecule has 2 aliphatic heterocycles. The van der Waals surface area contributed by atoms with Crippen LogP contribution in [0.5, 0.6) is 0 Å². The van der Waals surface area contributed by atoms with E-state index in [0.29, 0.717) is 11.5 Å². The highest BCUT2D eigenvalue weighted by molar-refractivity contribution is 7.91. The standard InChI is InChI=1S/C6H7N5O2S/c7-6(14(8,12)13)3-10-5-4(11-6)1-2-9-5/h1-3H,7H2,(H2,8,12,13). The smallest absolute Gasteiger partial charge is 0.261 e. The van der Waals surface area contributed by atoms with Crippen LogP contribution >= 0.6 is 0 Å². The minimum Gasteiger partial charge on any atom is -0.288 e. The Morgan fingerprint density at radius 1 is 1.43 bits per heavy atom. The molecule has 0 aromatic carbocycles. The largest absolute Gasteiger partial charge is 0.288 e. The molecule has 2 rings (SSSR count). The van der Waals surface area contributed by atoms with E-state index in [1.165, 1.54) is 12.3 Å². The Hall–Kier alpha value is -1.38. The third-order valence-electron chi connectivity index (χ3n) is 1.78. The zero-order valence-corrected chi connectivity index (χ0v) is 7.77. The molecular formula is C6H7N5O2S. The number of hydrogen-bond acceptors (Lipinski definition) is 6. The Morgan fingerprint density at radius 3 is 2.79 bits per heavy atom. The molecule has 7 nitrogen and oxygen atoms in total. The topological polar surface area (TPSA) is 123 Å². The van der Waals surface area contributed by atoms with Crippen molar-refractivity contribution >= 4 is 27.8 Å². The fourth-order valence-electron chi connectivity index (χ4n) is 1.01. The summed E-state index contributed by atoms with van der Waals surface area (Å²) in [5.41, 5.74) is 5.78. The number of fused-ring (bicyclic) bond motifs is 1. The number of hydrogen-bond donors (Lipinski definition) is 2. The lowest BCUT2D eigenvalue weighted by Crippen LogP contribution is -2.53. The fourth-order valence-corrected chi connectivity index (χ4v) is 1.44. The lowest BCUT2D eigenvalue weighted by Gasteiger charge is -2.20. The molecule has 0 amide bonds. The maximum Gasteiger partial charge on any atom is 0.261 e. The first-order valence-electron chi connectivity index (χ1n) is 3.63. The van der Waals surface area contributed by atoms with Crippen molar-refractivity contribution in [1.82, 2.24) is 0 Å². The molecule has 74 valence electrons. The Kier molecular flexibility index (Phi) is 1.68. The molecule has 0 aliphatic carbocycles. The van der Waals surface area contributed by atoms with Crippen LogP contribution in [0.3, 0.4) is 0 Å². The van der Waals surface area contributed by atoms with Crippen LogP contribution < -0.4 is 10.9 Å². The molecule has 14 heavy (non-hydrogen) atoms. The van der Waals surface area contributed by atoms with Gasteiger partial charge in [-0.25, -0.2) is 28.5 Å². The fraction of sp³-hybridized carbons (Fsp3) is 0.167. The molecule has 2 aliphatic rings. The maximum atomic E-state index is 11.1. The second kappa shape index (κ2) is 2.56. The first kappa shape index (κ1) is 9.19. The summed E-state index contributed by atoms with van der Waals surface area (Å²) in [4.78, 5) is 9.37. The number of aliphatic imine (C=N–C) groups is 3. The summed E-state index contributed by atoms with van der Waals surface area (Å²) in [6.07, 6.45) is 3.94.